The first-order valence-electron chi connectivity index (χ1n) is 8.49. The first-order chi connectivity index (χ1) is 12.3. The van der Waals surface area contributed by atoms with Gasteiger partial charge in [0.15, 0.2) is 11.5 Å². The standard InChI is InChI=1S/C18H20ClN5O/c1-25-15-7-6-13(19)8-12(15)9-24(14-4-2-3-5-14)18-16-17(21-10-20-16)22-11-23-18/h6-8,10-11,14H,2-5,9H2,1H3,(H,20,21,22,23). The van der Waals surface area contributed by atoms with Crippen molar-refractivity contribution in [2.75, 3.05) is 12.0 Å². The fourth-order valence-electron chi connectivity index (χ4n) is 3.62. The van der Waals surface area contributed by atoms with Crippen LogP contribution in [0.2, 0.25) is 5.02 Å². The van der Waals surface area contributed by atoms with Crippen LogP contribution in [0.5, 0.6) is 5.75 Å². The van der Waals surface area contributed by atoms with Crippen LogP contribution in [0.4, 0.5) is 5.82 Å². The van der Waals surface area contributed by atoms with Crippen molar-refractivity contribution in [3.63, 3.8) is 0 Å². The molecule has 3 aromatic rings. The molecular weight excluding hydrogens is 338 g/mol. The second kappa shape index (κ2) is 6.88. The molecule has 7 heteroatoms. The summed E-state index contributed by atoms with van der Waals surface area (Å²) in [6.45, 7) is 0.680. The molecule has 1 N–H and O–H groups in total. The molecule has 2 aromatic heterocycles. The number of halogens is 1. The number of nitrogens with zero attached hydrogens (tertiary/aromatic N) is 4. The van der Waals surface area contributed by atoms with E-state index >= 15 is 0 Å². The molecule has 1 aromatic carbocycles. The number of hydrogen-bond donors (Lipinski definition) is 1. The fraction of sp³-hybridized carbons (Fsp3) is 0.389. The number of H-pyrrole nitrogens is 1. The van der Waals surface area contributed by atoms with Crippen LogP contribution in [0.1, 0.15) is 31.2 Å². The number of hydrogen-bond acceptors (Lipinski definition) is 5. The Labute approximate surface area is 151 Å². The first kappa shape index (κ1) is 16.1. The average Bonchev–Trinajstić information content (AvgIpc) is 3.31. The maximum atomic E-state index is 6.22. The highest BCUT2D eigenvalue weighted by molar-refractivity contribution is 6.30. The smallest absolute Gasteiger partial charge is 0.182 e. The van der Waals surface area contributed by atoms with Gasteiger partial charge in [0.1, 0.15) is 17.6 Å². The summed E-state index contributed by atoms with van der Waals surface area (Å²) in [5.74, 6) is 1.72. The minimum atomic E-state index is 0.435. The van der Waals surface area contributed by atoms with E-state index in [0.717, 1.165) is 35.5 Å². The lowest BCUT2D eigenvalue weighted by Crippen LogP contribution is -2.33. The zero-order valence-electron chi connectivity index (χ0n) is 14.1. The van der Waals surface area contributed by atoms with Crippen molar-refractivity contribution < 1.29 is 4.74 Å². The summed E-state index contributed by atoms with van der Waals surface area (Å²) in [5.41, 5.74) is 2.61. The number of imidazole rings is 1. The van der Waals surface area contributed by atoms with Crippen LogP contribution >= 0.6 is 11.6 Å². The molecule has 4 rings (SSSR count). The highest BCUT2D eigenvalue weighted by Crippen LogP contribution is 2.33. The lowest BCUT2D eigenvalue weighted by atomic mass is 10.1. The number of rotatable bonds is 5. The third-order valence-electron chi connectivity index (χ3n) is 4.82. The van der Waals surface area contributed by atoms with Crippen LogP contribution in [0.15, 0.2) is 30.9 Å². The second-order valence-electron chi connectivity index (χ2n) is 6.32. The Balaban J connectivity index is 1.77. The van der Waals surface area contributed by atoms with Gasteiger partial charge in [-0.3, -0.25) is 0 Å². The molecule has 0 bridgehead atoms. The molecule has 0 saturated heterocycles. The molecule has 1 aliphatic carbocycles. The predicted octanol–water partition coefficient (Wildman–Crippen LogP) is 3.96. The largest absolute Gasteiger partial charge is 0.496 e. The number of anilines is 1. The van der Waals surface area contributed by atoms with Gasteiger partial charge >= 0.3 is 0 Å². The van der Waals surface area contributed by atoms with Crippen molar-refractivity contribution in [2.45, 2.75) is 38.3 Å². The van der Waals surface area contributed by atoms with Gasteiger partial charge in [-0.2, -0.15) is 0 Å². The minimum absolute atomic E-state index is 0.435. The molecule has 130 valence electrons. The number of benzene rings is 1. The maximum absolute atomic E-state index is 6.22. The van der Waals surface area contributed by atoms with Gasteiger partial charge in [-0.05, 0) is 31.0 Å². The van der Waals surface area contributed by atoms with Gasteiger partial charge in [0, 0.05) is 23.2 Å². The van der Waals surface area contributed by atoms with Crippen molar-refractivity contribution in [3.8, 4) is 5.75 Å². The van der Waals surface area contributed by atoms with Gasteiger partial charge in [-0.15, -0.1) is 0 Å². The number of fused-ring (bicyclic) bond motifs is 1. The van der Waals surface area contributed by atoms with E-state index in [9.17, 15) is 0 Å². The normalized spacial score (nSPS) is 15.0. The topological polar surface area (TPSA) is 66.9 Å². The number of ether oxygens (including phenoxy) is 1. The lowest BCUT2D eigenvalue weighted by Gasteiger charge is -2.30. The maximum Gasteiger partial charge on any atom is 0.182 e. The zero-order valence-corrected chi connectivity index (χ0v) is 14.8. The molecule has 1 fully saturated rings. The minimum Gasteiger partial charge on any atom is -0.496 e. The number of aromatic nitrogens is 4. The Morgan fingerprint density at radius 2 is 2.08 bits per heavy atom. The molecule has 0 aliphatic heterocycles. The predicted molar refractivity (Wildman–Crippen MR) is 98.1 cm³/mol. The van der Waals surface area contributed by atoms with Crippen LogP contribution in [0.3, 0.4) is 0 Å². The lowest BCUT2D eigenvalue weighted by molar-refractivity contribution is 0.408. The molecule has 0 unspecified atom stereocenters. The van der Waals surface area contributed by atoms with Crippen LogP contribution in [0.25, 0.3) is 11.2 Å². The summed E-state index contributed by atoms with van der Waals surface area (Å²) in [7, 11) is 1.68. The van der Waals surface area contributed by atoms with Crippen molar-refractivity contribution in [2.24, 2.45) is 0 Å². The van der Waals surface area contributed by atoms with Crippen molar-refractivity contribution in [1.82, 2.24) is 19.9 Å². The highest BCUT2D eigenvalue weighted by atomic mass is 35.5. The van der Waals surface area contributed by atoms with E-state index in [0.29, 0.717) is 23.3 Å². The molecular formula is C18H20ClN5O. The van der Waals surface area contributed by atoms with E-state index in [1.165, 1.54) is 12.8 Å². The van der Waals surface area contributed by atoms with E-state index in [1.54, 1.807) is 19.8 Å². The van der Waals surface area contributed by atoms with Gasteiger partial charge in [-0.25, -0.2) is 15.0 Å². The summed E-state index contributed by atoms with van der Waals surface area (Å²) in [6, 6.07) is 6.16. The van der Waals surface area contributed by atoms with Crippen LogP contribution in [-0.4, -0.2) is 33.1 Å². The Morgan fingerprint density at radius 1 is 1.24 bits per heavy atom. The Hall–Kier alpha value is -2.34. The molecule has 6 nitrogen and oxygen atoms in total. The van der Waals surface area contributed by atoms with Gasteiger partial charge in [0.05, 0.1) is 13.4 Å². The van der Waals surface area contributed by atoms with E-state index in [1.807, 2.05) is 18.2 Å². The summed E-state index contributed by atoms with van der Waals surface area (Å²) in [4.78, 5) is 18.6. The van der Waals surface area contributed by atoms with E-state index < -0.39 is 0 Å². The third-order valence-corrected chi connectivity index (χ3v) is 5.06. The van der Waals surface area contributed by atoms with Crippen LogP contribution in [0, 0.1) is 0 Å². The third kappa shape index (κ3) is 3.14. The Morgan fingerprint density at radius 3 is 2.88 bits per heavy atom. The molecule has 2 heterocycles. The summed E-state index contributed by atoms with van der Waals surface area (Å²) >= 11 is 6.22. The Kier molecular flexibility index (Phi) is 4.44. The van der Waals surface area contributed by atoms with Crippen LogP contribution in [-0.2, 0) is 6.54 Å². The van der Waals surface area contributed by atoms with Crippen LogP contribution < -0.4 is 9.64 Å². The summed E-state index contributed by atoms with van der Waals surface area (Å²) in [6.07, 6.45) is 8.03. The monoisotopic (exact) mass is 357 g/mol. The molecule has 0 radical (unpaired) electrons. The first-order valence-corrected chi connectivity index (χ1v) is 8.87. The fourth-order valence-corrected chi connectivity index (χ4v) is 3.81. The van der Waals surface area contributed by atoms with Crippen molar-refractivity contribution >= 4 is 28.6 Å². The molecule has 25 heavy (non-hydrogen) atoms. The SMILES string of the molecule is COc1ccc(Cl)cc1CN(c1ncnc2nc[nH]c12)C1CCCC1. The van der Waals surface area contributed by atoms with E-state index in [4.69, 9.17) is 16.3 Å². The van der Waals surface area contributed by atoms with Crippen molar-refractivity contribution in [1.29, 1.82) is 0 Å². The molecule has 1 aliphatic rings. The van der Waals surface area contributed by atoms with E-state index in [2.05, 4.69) is 24.8 Å². The van der Waals surface area contributed by atoms with Gasteiger partial charge in [0.2, 0.25) is 0 Å². The van der Waals surface area contributed by atoms with E-state index in [-0.39, 0.29) is 0 Å². The number of nitrogens with one attached hydrogen (secondary N) is 1. The van der Waals surface area contributed by atoms with Crippen molar-refractivity contribution in [3.05, 3.63) is 41.4 Å². The van der Waals surface area contributed by atoms with Gasteiger partial charge in [-0.1, -0.05) is 24.4 Å². The number of aromatic amines is 1. The molecule has 0 amide bonds. The Bertz CT molecular complexity index is 875. The molecule has 1 saturated carbocycles. The highest BCUT2D eigenvalue weighted by Gasteiger charge is 2.27. The summed E-state index contributed by atoms with van der Waals surface area (Å²) < 4.78 is 5.53. The summed E-state index contributed by atoms with van der Waals surface area (Å²) in [5, 5.41) is 0.705. The van der Waals surface area contributed by atoms with Gasteiger partial charge < -0.3 is 14.6 Å². The molecule has 0 spiro atoms. The average molecular weight is 358 g/mol. The second-order valence-corrected chi connectivity index (χ2v) is 6.76. The number of methoxy groups -OCH3 is 1. The molecule has 0 atom stereocenters. The van der Waals surface area contributed by atoms with Gasteiger partial charge in [0.25, 0.3) is 0 Å². The quantitative estimate of drug-likeness (QED) is 0.748. The zero-order chi connectivity index (χ0) is 17.2.